The molecule has 1 fully saturated rings. The van der Waals surface area contributed by atoms with E-state index in [-0.39, 0.29) is 0 Å². The molecule has 3 rings (SSSR count). The summed E-state index contributed by atoms with van der Waals surface area (Å²) in [4.78, 5) is 2.22. The minimum Gasteiger partial charge on any atom is -0.377 e. The van der Waals surface area contributed by atoms with Crippen molar-refractivity contribution in [2.45, 2.75) is 37.8 Å². The smallest absolute Gasteiger partial charge is 0.0440 e. The van der Waals surface area contributed by atoms with Gasteiger partial charge in [-0.3, -0.25) is 0 Å². The summed E-state index contributed by atoms with van der Waals surface area (Å²) >= 11 is 0. The molecule has 1 atom stereocenters. The minimum atomic E-state index is 0.904. The lowest BCUT2D eigenvalue weighted by atomic mass is 10.0. The van der Waals surface area contributed by atoms with Crippen molar-refractivity contribution in [2.24, 2.45) is 0 Å². The van der Waals surface area contributed by atoms with Crippen molar-refractivity contribution >= 4 is 19.6 Å². The summed E-state index contributed by atoms with van der Waals surface area (Å²) in [5.74, 6) is 0. The van der Waals surface area contributed by atoms with Gasteiger partial charge in [0, 0.05) is 25.3 Å². The van der Waals surface area contributed by atoms with Crippen LogP contribution in [0.2, 0.25) is 0 Å². The van der Waals surface area contributed by atoms with Crippen LogP contribution < -0.4 is 10.2 Å². The molecular formula is C20H26NP. The van der Waals surface area contributed by atoms with Gasteiger partial charge in [0.15, 0.2) is 0 Å². The van der Waals surface area contributed by atoms with Crippen LogP contribution >= 0.6 is 8.58 Å². The highest BCUT2D eigenvalue weighted by Crippen LogP contribution is 2.37. The van der Waals surface area contributed by atoms with E-state index in [1.807, 2.05) is 0 Å². The summed E-state index contributed by atoms with van der Waals surface area (Å²) in [5, 5.41) is 1.55. The zero-order valence-electron chi connectivity index (χ0n) is 13.7. The third-order valence-corrected chi connectivity index (χ3v) is 6.30. The zero-order chi connectivity index (χ0) is 15.4. The van der Waals surface area contributed by atoms with Crippen molar-refractivity contribution in [2.75, 3.05) is 19.0 Å². The Morgan fingerprint density at radius 1 is 0.818 bits per heavy atom. The van der Waals surface area contributed by atoms with E-state index in [9.17, 15) is 0 Å². The van der Waals surface area contributed by atoms with Gasteiger partial charge in [0.25, 0.3) is 0 Å². The van der Waals surface area contributed by atoms with E-state index in [2.05, 4.69) is 67.5 Å². The number of benzene rings is 2. The second-order valence-electron chi connectivity index (χ2n) is 6.44. The molecule has 22 heavy (non-hydrogen) atoms. The highest BCUT2D eigenvalue weighted by atomic mass is 31.1. The molecule has 0 heterocycles. The normalized spacial score (nSPS) is 16.3. The lowest BCUT2D eigenvalue weighted by molar-refractivity contribution is 0.514. The van der Waals surface area contributed by atoms with Gasteiger partial charge in [-0.2, -0.15) is 0 Å². The molecule has 1 nitrogen and oxygen atoms in total. The molecule has 0 aliphatic heterocycles. The van der Waals surface area contributed by atoms with Gasteiger partial charge in [0.05, 0.1) is 0 Å². The van der Waals surface area contributed by atoms with Crippen LogP contribution in [0.1, 0.15) is 32.1 Å². The summed E-state index contributed by atoms with van der Waals surface area (Å²) in [5.41, 5.74) is 5.01. The summed E-state index contributed by atoms with van der Waals surface area (Å²) in [6, 6.07) is 17.8. The van der Waals surface area contributed by atoms with E-state index in [0.717, 1.165) is 14.2 Å². The fourth-order valence-corrected chi connectivity index (χ4v) is 5.10. The maximum Gasteiger partial charge on any atom is 0.0440 e. The molecule has 0 amide bonds. The summed E-state index contributed by atoms with van der Waals surface area (Å²) in [7, 11) is 5.21. The van der Waals surface area contributed by atoms with Gasteiger partial charge in [-0.25, -0.2) is 0 Å². The first kappa shape index (κ1) is 15.6. The number of anilines is 1. The van der Waals surface area contributed by atoms with Gasteiger partial charge in [0.2, 0.25) is 0 Å². The Morgan fingerprint density at radius 2 is 1.45 bits per heavy atom. The predicted octanol–water partition coefficient (Wildman–Crippen LogP) is 5.06. The summed E-state index contributed by atoms with van der Waals surface area (Å²) in [6.07, 6.45) is 7.12. The number of para-hydroxylation sites is 1. The first-order valence-corrected chi connectivity index (χ1v) is 9.46. The Labute approximate surface area is 136 Å². The fraction of sp³-hybridized carbons (Fsp3) is 0.400. The van der Waals surface area contributed by atoms with Gasteiger partial charge in [-0.1, -0.05) is 70.3 Å². The average Bonchev–Trinajstić information content (AvgIpc) is 2.56. The quantitative estimate of drug-likeness (QED) is 0.714. The zero-order valence-corrected chi connectivity index (χ0v) is 14.7. The van der Waals surface area contributed by atoms with Crippen LogP contribution in [0.25, 0.3) is 11.1 Å². The maximum atomic E-state index is 2.34. The SMILES string of the molecule is CN(C)c1ccccc1-c1ccccc1PC1CCCCC1. The molecule has 1 aliphatic rings. The molecule has 0 N–H and O–H groups in total. The van der Waals surface area contributed by atoms with Gasteiger partial charge >= 0.3 is 0 Å². The predicted molar refractivity (Wildman–Crippen MR) is 101 cm³/mol. The van der Waals surface area contributed by atoms with Crippen molar-refractivity contribution in [3.05, 3.63) is 48.5 Å². The highest BCUT2D eigenvalue weighted by Gasteiger charge is 2.17. The van der Waals surface area contributed by atoms with Crippen molar-refractivity contribution < 1.29 is 0 Å². The molecule has 0 radical (unpaired) electrons. The molecule has 1 unspecified atom stereocenters. The summed E-state index contributed by atoms with van der Waals surface area (Å²) in [6.45, 7) is 0. The van der Waals surface area contributed by atoms with E-state index in [4.69, 9.17) is 0 Å². The van der Waals surface area contributed by atoms with Crippen LogP contribution in [0, 0.1) is 0 Å². The van der Waals surface area contributed by atoms with E-state index >= 15 is 0 Å². The number of hydrogen-bond acceptors (Lipinski definition) is 1. The van der Waals surface area contributed by atoms with Gasteiger partial charge in [-0.05, 0) is 35.4 Å². The molecular weight excluding hydrogens is 285 g/mol. The Balaban J connectivity index is 1.94. The van der Waals surface area contributed by atoms with E-state index < -0.39 is 0 Å². The highest BCUT2D eigenvalue weighted by molar-refractivity contribution is 7.48. The van der Waals surface area contributed by atoms with Crippen LogP contribution in [0.3, 0.4) is 0 Å². The molecule has 1 saturated carbocycles. The van der Waals surface area contributed by atoms with Crippen molar-refractivity contribution in [1.82, 2.24) is 0 Å². The number of rotatable bonds is 4. The molecule has 0 spiro atoms. The molecule has 1 aliphatic carbocycles. The third-order valence-electron chi connectivity index (χ3n) is 4.57. The minimum absolute atomic E-state index is 0.904. The molecule has 0 bridgehead atoms. The van der Waals surface area contributed by atoms with Crippen LogP contribution in [0.4, 0.5) is 5.69 Å². The largest absolute Gasteiger partial charge is 0.377 e. The van der Waals surface area contributed by atoms with Crippen LogP contribution in [0.5, 0.6) is 0 Å². The number of nitrogens with zero attached hydrogens (tertiary/aromatic N) is 1. The van der Waals surface area contributed by atoms with E-state index in [1.54, 1.807) is 5.30 Å². The number of hydrogen-bond donors (Lipinski definition) is 0. The standard InChI is InChI=1S/C20H26NP/c1-21(2)19-14-8-6-12-17(19)18-13-7-9-15-20(18)22-16-10-4-3-5-11-16/h6-9,12-16,22H,3-5,10-11H2,1-2H3. The third kappa shape index (κ3) is 3.52. The summed E-state index contributed by atoms with van der Waals surface area (Å²) < 4.78 is 0. The maximum absolute atomic E-state index is 2.34. The monoisotopic (exact) mass is 311 g/mol. The first-order valence-electron chi connectivity index (χ1n) is 8.38. The second-order valence-corrected chi connectivity index (χ2v) is 8.08. The molecule has 0 aromatic heterocycles. The Morgan fingerprint density at radius 3 is 2.18 bits per heavy atom. The lowest BCUT2D eigenvalue weighted by Gasteiger charge is -2.24. The Bertz CT molecular complexity index is 615. The average molecular weight is 311 g/mol. The van der Waals surface area contributed by atoms with Crippen LogP contribution in [-0.4, -0.2) is 19.8 Å². The van der Waals surface area contributed by atoms with Gasteiger partial charge in [-0.15, -0.1) is 0 Å². The molecule has 0 saturated heterocycles. The molecule has 2 aromatic carbocycles. The first-order chi connectivity index (χ1) is 10.8. The van der Waals surface area contributed by atoms with Gasteiger partial charge in [0.1, 0.15) is 0 Å². The molecule has 2 aromatic rings. The fourth-order valence-electron chi connectivity index (χ4n) is 3.40. The molecule has 2 heteroatoms. The van der Waals surface area contributed by atoms with Crippen molar-refractivity contribution in [1.29, 1.82) is 0 Å². The van der Waals surface area contributed by atoms with E-state index in [0.29, 0.717) is 0 Å². The molecule has 116 valence electrons. The van der Waals surface area contributed by atoms with Crippen LogP contribution in [0.15, 0.2) is 48.5 Å². The van der Waals surface area contributed by atoms with E-state index in [1.165, 1.54) is 48.9 Å². The Hall–Kier alpha value is -1.33. The van der Waals surface area contributed by atoms with Gasteiger partial charge < -0.3 is 4.90 Å². The second kappa shape index (κ2) is 7.29. The van der Waals surface area contributed by atoms with Crippen LogP contribution in [-0.2, 0) is 0 Å². The Kier molecular flexibility index (Phi) is 5.16. The van der Waals surface area contributed by atoms with Crippen molar-refractivity contribution in [3.8, 4) is 11.1 Å². The lowest BCUT2D eigenvalue weighted by Crippen LogP contribution is -2.14. The van der Waals surface area contributed by atoms with Crippen molar-refractivity contribution in [3.63, 3.8) is 0 Å². The topological polar surface area (TPSA) is 3.24 Å².